The first-order valence-corrected chi connectivity index (χ1v) is 12.1. The van der Waals surface area contributed by atoms with Gasteiger partial charge in [0, 0.05) is 25.3 Å². The largest absolute Gasteiger partial charge is 0.481 e. The van der Waals surface area contributed by atoms with Crippen molar-refractivity contribution < 1.29 is 24.2 Å². The van der Waals surface area contributed by atoms with Crippen molar-refractivity contribution in [1.82, 2.24) is 10.6 Å². The standard InChI is InChI=1S/C24H40N2O5/c1-2-3-4-5-9-12-22(27)26-17-23(28)25-16-19-18(20-14-15-21(19)31-20)11-8-6-7-10-13-24(29)30/h6,8,18-21H,2-5,7,9-17H2,1H3,(H,25,28)(H,26,27)(H,29,30)/b8-6-/t18-,19+,20-,21+/m1/s1. The summed E-state index contributed by atoms with van der Waals surface area (Å²) in [5.74, 6) is -0.284. The first kappa shape index (κ1) is 25.4. The van der Waals surface area contributed by atoms with Crippen LogP contribution in [0.4, 0.5) is 0 Å². The molecule has 2 rings (SSSR count). The molecule has 3 N–H and O–H groups in total. The molecular weight excluding hydrogens is 396 g/mol. The average Bonchev–Trinajstić information content (AvgIpc) is 3.34. The minimum Gasteiger partial charge on any atom is -0.481 e. The Morgan fingerprint density at radius 2 is 1.65 bits per heavy atom. The number of nitrogens with one attached hydrogen (secondary N) is 2. The fourth-order valence-electron chi connectivity index (χ4n) is 4.67. The molecule has 0 unspecified atom stereocenters. The van der Waals surface area contributed by atoms with E-state index in [0.717, 1.165) is 44.9 Å². The summed E-state index contributed by atoms with van der Waals surface area (Å²) in [5, 5.41) is 14.4. The summed E-state index contributed by atoms with van der Waals surface area (Å²) in [4.78, 5) is 34.6. The number of unbranched alkanes of at least 4 members (excludes halogenated alkanes) is 5. The molecule has 176 valence electrons. The van der Waals surface area contributed by atoms with Crippen molar-refractivity contribution in [2.24, 2.45) is 11.8 Å². The maximum atomic E-state index is 12.2. The number of fused-ring (bicyclic) bond motifs is 2. The lowest BCUT2D eigenvalue weighted by Crippen LogP contribution is -2.42. The van der Waals surface area contributed by atoms with Crippen molar-refractivity contribution in [2.75, 3.05) is 13.1 Å². The molecule has 0 aromatic rings. The Bertz CT molecular complexity index is 607. The molecule has 31 heavy (non-hydrogen) atoms. The van der Waals surface area contributed by atoms with E-state index < -0.39 is 5.97 Å². The zero-order valence-electron chi connectivity index (χ0n) is 18.9. The Kier molecular flexibility index (Phi) is 11.6. The molecule has 7 heteroatoms. The highest BCUT2D eigenvalue weighted by Gasteiger charge is 2.47. The summed E-state index contributed by atoms with van der Waals surface area (Å²) in [5.41, 5.74) is 0. The highest BCUT2D eigenvalue weighted by atomic mass is 16.5. The number of allylic oxidation sites excluding steroid dienone is 2. The maximum absolute atomic E-state index is 12.2. The molecule has 2 fully saturated rings. The van der Waals surface area contributed by atoms with Gasteiger partial charge in [-0.3, -0.25) is 14.4 Å². The lowest BCUT2D eigenvalue weighted by molar-refractivity contribution is -0.137. The van der Waals surface area contributed by atoms with Crippen molar-refractivity contribution >= 4 is 17.8 Å². The summed E-state index contributed by atoms with van der Waals surface area (Å²) in [7, 11) is 0. The molecule has 0 radical (unpaired) electrons. The number of carbonyl (C=O) groups excluding carboxylic acids is 2. The number of carbonyl (C=O) groups is 3. The summed E-state index contributed by atoms with van der Waals surface area (Å²) in [6, 6.07) is 0. The van der Waals surface area contributed by atoms with E-state index in [1.807, 2.05) is 0 Å². The fourth-order valence-corrected chi connectivity index (χ4v) is 4.67. The molecule has 2 bridgehead atoms. The Morgan fingerprint density at radius 3 is 2.39 bits per heavy atom. The van der Waals surface area contributed by atoms with Crippen LogP contribution in [-0.2, 0) is 19.1 Å². The number of rotatable bonds is 16. The van der Waals surface area contributed by atoms with Gasteiger partial charge in [0.05, 0.1) is 18.8 Å². The third-order valence-electron chi connectivity index (χ3n) is 6.42. The van der Waals surface area contributed by atoms with E-state index in [-0.39, 0.29) is 37.0 Å². The van der Waals surface area contributed by atoms with Crippen LogP contribution in [0.2, 0.25) is 0 Å². The first-order chi connectivity index (χ1) is 15.0. The van der Waals surface area contributed by atoms with Crippen LogP contribution in [0.5, 0.6) is 0 Å². The fraction of sp³-hybridized carbons (Fsp3) is 0.792. The number of carboxylic acids is 1. The number of hydrogen-bond donors (Lipinski definition) is 3. The van der Waals surface area contributed by atoms with Crippen LogP contribution in [0.25, 0.3) is 0 Å². The molecule has 2 heterocycles. The summed E-state index contributed by atoms with van der Waals surface area (Å²) in [6.45, 7) is 2.77. The predicted octanol–water partition coefficient (Wildman–Crippen LogP) is 3.57. The maximum Gasteiger partial charge on any atom is 0.303 e. The van der Waals surface area contributed by atoms with E-state index in [0.29, 0.717) is 31.2 Å². The second-order valence-electron chi connectivity index (χ2n) is 8.86. The van der Waals surface area contributed by atoms with E-state index in [1.54, 1.807) is 0 Å². The van der Waals surface area contributed by atoms with E-state index >= 15 is 0 Å². The minimum atomic E-state index is -0.756. The van der Waals surface area contributed by atoms with Crippen molar-refractivity contribution in [3.05, 3.63) is 12.2 Å². The number of carboxylic acid groups (broad SMARTS) is 1. The monoisotopic (exact) mass is 436 g/mol. The highest BCUT2D eigenvalue weighted by Crippen LogP contribution is 2.44. The molecule has 0 spiro atoms. The molecule has 2 saturated heterocycles. The average molecular weight is 437 g/mol. The van der Waals surface area contributed by atoms with Crippen LogP contribution in [0.1, 0.15) is 84.0 Å². The number of ether oxygens (including phenoxy) is 1. The third-order valence-corrected chi connectivity index (χ3v) is 6.42. The first-order valence-electron chi connectivity index (χ1n) is 12.1. The zero-order chi connectivity index (χ0) is 22.5. The molecule has 4 atom stereocenters. The third kappa shape index (κ3) is 9.42. The zero-order valence-corrected chi connectivity index (χ0v) is 18.9. The van der Waals surface area contributed by atoms with Gasteiger partial charge in [0.2, 0.25) is 11.8 Å². The van der Waals surface area contributed by atoms with Gasteiger partial charge in [0.25, 0.3) is 0 Å². The van der Waals surface area contributed by atoms with Crippen molar-refractivity contribution in [3.63, 3.8) is 0 Å². The number of amides is 2. The molecule has 2 aliphatic heterocycles. The smallest absolute Gasteiger partial charge is 0.303 e. The van der Waals surface area contributed by atoms with Gasteiger partial charge in [-0.1, -0.05) is 44.8 Å². The van der Waals surface area contributed by atoms with Gasteiger partial charge in [-0.25, -0.2) is 0 Å². The van der Waals surface area contributed by atoms with Crippen molar-refractivity contribution in [3.8, 4) is 0 Å². The second-order valence-corrected chi connectivity index (χ2v) is 8.86. The van der Waals surface area contributed by atoms with Gasteiger partial charge >= 0.3 is 5.97 Å². The lowest BCUT2D eigenvalue weighted by atomic mass is 9.77. The molecule has 0 aliphatic carbocycles. The SMILES string of the molecule is CCCCCCCC(=O)NCC(=O)NC[C@H]1[C@@H](C/C=C\CCCC(=O)O)[C@H]2CC[C@@H]1O2. The van der Waals surface area contributed by atoms with Crippen molar-refractivity contribution in [2.45, 2.75) is 96.2 Å². The van der Waals surface area contributed by atoms with Gasteiger partial charge in [0.15, 0.2) is 0 Å². The van der Waals surface area contributed by atoms with E-state index in [1.165, 1.54) is 12.8 Å². The Balaban J connectivity index is 1.63. The number of aliphatic carboxylic acids is 1. The van der Waals surface area contributed by atoms with Gasteiger partial charge in [-0.05, 0) is 44.4 Å². The van der Waals surface area contributed by atoms with Crippen LogP contribution in [0, 0.1) is 11.8 Å². The van der Waals surface area contributed by atoms with Crippen LogP contribution in [0.15, 0.2) is 12.2 Å². The summed E-state index contributed by atoms with van der Waals surface area (Å²) < 4.78 is 6.08. The van der Waals surface area contributed by atoms with Gasteiger partial charge in [-0.15, -0.1) is 0 Å². The molecule has 2 amide bonds. The number of hydrogen-bond acceptors (Lipinski definition) is 4. The Morgan fingerprint density at radius 1 is 0.903 bits per heavy atom. The second kappa shape index (κ2) is 14.2. The topological polar surface area (TPSA) is 105 Å². The van der Waals surface area contributed by atoms with E-state index in [2.05, 4.69) is 29.7 Å². The van der Waals surface area contributed by atoms with Gasteiger partial charge in [0.1, 0.15) is 0 Å². The Labute approximate surface area is 186 Å². The highest BCUT2D eigenvalue weighted by molar-refractivity contribution is 5.84. The normalized spacial score (nSPS) is 24.5. The van der Waals surface area contributed by atoms with Gasteiger partial charge < -0.3 is 20.5 Å². The minimum absolute atomic E-state index is 0.0314. The molecule has 7 nitrogen and oxygen atoms in total. The molecule has 0 aromatic carbocycles. The molecule has 2 aliphatic rings. The molecular formula is C24H40N2O5. The van der Waals surface area contributed by atoms with Crippen molar-refractivity contribution in [1.29, 1.82) is 0 Å². The van der Waals surface area contributed by atoms with Crippen LogP contribution in [0.3, 0.4) is 0 Å². The van der Waals surface area contributed by atoms with E-state index in [9.17, 15) is 14.4 Å². The van der Waals surface area contributed by atoms with Gasteiger partial charge in [-0.2, -0.15) is 0 Å². The van der Waals surface area contributed by atoms with Crippen LogP contribution >= 0.6 is 0 Å². The predicted molar refractivity (Wildman–Crippen MR) is 120 cm³/mol. The molecule has 0 aromatic heterocycles. The van der Waals surface area contributed by atoms with Crippen LogP contribution < -0.4 is 10.6 Å². The lowest BCUT2D eigenvalue weighted by Gasteiger charge is -2.27. The summed E-state index contributed by atoms with van der Waals surface area (Å²) >= 11 is 0. The van der Waals surface area contributed by atoms with Crippen LogP contribution in [-0.4, -0.2) is 48.2 Å². The Hall–Kier alpha value is -1.89. The molecule has 0 saturated carbocycles. The quantitative estimate of drug-likeness (QED) is 0.253. The van der Waals surface area contributed by atoms with E-state index in [4.69, 9.17) is 9.84 Å². The summed E-state index contributed by atoms with van der Waals surface area (Å²) in [6.07, 6.45) is 15.3.